The van der Waals surface area contributed by atoms with Crippen molar-refractivity contribution < 1.29 is 9.18 Å². The first-order chi connectivity index (χ1) is 7.23. The molecule has 2 N–H and O–H groups in total. The van der Waals surface area contributed by atoms with Crippen molar-refractivity contribution >= 4 is 17.4 Å². The van der Waals surface area contributed by atoms with Gasteiger partial charge >= 0.3 is 0 Å². The molecule has 1 unspecified atom stereocenters. The lowest BCUT2D eigenvalue weighted by Gasteiger charge is -2.25. The van der Waals surface area contributed by atoms with Gasteiger partial charge in [-0.15, -0.1) is 0 Å². The van der Waals surface area contributed by atoms with Gasteiger partial charge in [0, 0.05) is 5.56 Å². The Morgan fingerprint density at radius 2 is 2.00 bits per heavy atom. The van der Waals surface area contributed by atoms with Crippen LogP contribution < -0.4 is 5.73 Å². The maximum atomic E-state index is 13.0. The molecular weight excluding hydrogens is 229 g/mol. The highest BCUT2D eigenvalue weighted by molar-refractivity contribution is 6.34. The van der Waals surface area contributed by atoms with Gasteiger partial charge in [-0.05, 0) is 23.6 Å². The molecule has 0 bridgehead atoms. The van der Waals surface area contributed by atoms with Gasteiger partial charge in [0.2, 0.25) is 0 Å². The topological polar surface area (TPSA) is 43.1 Å². The Morgan fingerprint density at radius 3 is 2.50 bits per heavy atom. The number of Topliss-reactive ketones (excluding diaryl/α,β-unsaturated/α-hetero) is 1. The molecule has 88 valence electrons. The molecule has 0 fully saturated rings. The predicted octanol–water partition coefficient (Wildman–Crippen LogP) is 3.04. The summed E-state index contributed by atoms with van der Waals surface area (Å²) in [6.07, 6.45) is 0. The van der Waals surface area contributed by atoms with Gasteiger partial charge in [-0.3, -0.25) is 4.79 Å². The van der Waals surface area contributed by atoms with Crippen LogP contribution in [0.3, 0.4) is 0 Å². The highest BCUT2D eigenvalue weighted by atomic mass is 35.5. The number of rotatable bonds is 2. The molecule has 1 rings (SSSR count). The lowest BCUT2D eigenvalue weighted by molar-refractivity contribution is 0.0901. The van der Waals surface area contributed by atoms with Crippen molar-refractivity contribution in [2.45, 2.75) is 26.8 Å². The highest BCUT2D eigenvalue weighted by Gasteiger charge is 2.29. The van der Waals surface area contributed by atoms with Gasteiger partial charge in [0.1, 0.15) is 5.82 Å². The van der Waals surface area contributed by atoms with E-state index in [9.17, 15) is 9.18 Å². The molecule has 16 heavy (non-hydrogen) atoms. The summed E-state index contributed by atoms with van der Waals surface area (Å²) in [7, 11) is 0. The van der Waals surface area contributed by atoms with Crippen LogP contribution in [0.1, 0.15) is 31.1 Å². The monoisotopic (exact) mass is 243 g/mol. The summed E-state index contributed by atoms with van der Waals surface area (Å²) in [4.78, 5) is 12.0. The van der Waals surface area contributed by atoms with E-state index in [1.807, 2.05) is 20.8 Å². The summed E-state index contributed by atoms with van der Waals surface area (Å²) in [6, 6.07) is 2.99. The molecule has 1 atom stereocenters. The third-order valence-corrected chi connectivity index (χ3v) is 2.74. The van der Waals surface area contributed by atoms with Crippen LogP contribution in [0.25, 0.3) is 0 Å². The van der Waals surface area contributed by atoms with Crippen LogP contribution in [0.5, 0.6) is 0 Å². The van der Waals surface area contributed by atoms with Gasteiger partial charge in [0.25, 0.3) is 0 Å². The van der Waals surface area contributed by atoms with Gasteiger partial charge in [-0.2, -0.15) is 0 Å². The van der Waals surface area contributed by atoms with Gasteiger partial charge in [0.15, 0.2) is 5.78 Å². The minimum atomic E-state index is -0.702. The zero-order valence-electron chi connectivity index (χ0n) is 9.55. The number of benzene rings is 1. The zero-order valence-corrected chi connectivity index (χ0v) is 10.3. The first-order valence-corrected chi connectivity index (χ1v) is 5.36. The van der Waals surface area contributed by atoms with Crippen molar-refractivity contribution in [3.63, 3.8) is 0 Å². The van der Waals surface area contributed by atoms with Crippen molar-refractivity contribution in [3.05, 3.63) is 34.6 Å². The van der Waals surface area contributed by atoms with E-state index in [-0.39, 0.29) is 21.8 Å². The fraction of sp³-hybridized carbons (Fsp3) is 0.417. The molecule has 0 aliphatic rings. The van der Waals surface area contributed by atoms with Crippen LogP contribution in [0.4, 0.5) is 4.39 Å². The number of hydrogen-bond acceptors (Lipinski definition) is 2. The van der Waals surface area contributed by atoms with Crippen LogP contribution in [0.2, 0.25) is 5.02 Å². The second-order valence-corrected chi connectivity index (χ2v) is 5.24. The number of nitrogens with two attached hydrogens (primary N) is 1. The maximum absolute atomic E-state index is 13.0. The average molecular weight is 244 g/mol. The van der Waals surface area contributed by atoms with Crippen molar-refractivity contribution in [1.82, 2.24) is 0 Å². The fourth-order valence-electron chi connectivity index (χ4n) is 1.25. The molecule has 4 heteroatoms. The molecular formula is C12H15ClFNO. The molecule has 0 spiro atoms. The standard InChI is InChI=1S/C12H15ClFNO/c1-12(2,3)11(15)10(16)8-6-7(14)4-5-9(8)13/h4-6,11H,15H2,1-3H3. The molecule has 0 saturated heterocycles. The molecule has 0 aliphatic heterocycles. The molecule has 0 aromatic heterocycles. The van der Waals surface area contributed by atoms with Crippen LogP contribution >= 0.6 is 11.6 Å². The van der Waals surface area contributed by atoms with Crippen molar-refractivity contribution in [3.8, 4) is 0 Å². The quantitative estimate of drug-likeness (QED) is 0.812. The van der Waals surface area contributed by atoms with E-state index in [1.54, 1.807) is 0 Å². The summed E-state index contributed by atoms with van der Waals surface area (Å²) < 4.78 is 13.0. The van der Waals surface area contributed by atoms with Crippen molar-refractivity contribution in [2.24, 2.45) is 11.1 Å². The van der Waals surface area contributed by atoms with E-state index in [4.69, 9.17) is 17.3 Å². The summed E-state index contributed by atoms with van der Waals surface area (Å²) in [6.45, 7) is 5.55. The van der Waals surface area contributed by atoms with E-state index in [0.717, 1.165) is 6.07 Å². The fourth-order valence-corrected chi connectivity index (χ4v) is 1.46. The Morgan fingerprint density at radius 1 is 1.44 bits per heavy atom. The summed E-state index contributed by atoms with van der Waals surface area (Å²) in [5.74, 6) is -0.828. The van der Waals surface area contributed by atoms with Crippen LogP contribution in [-0.4, -0.2) is 11.8 Å². The van der Waals surface area contributed by atoms with Crippen LogP contribution in [0, 0.1) is 11.2 Å². The normalized spacial score (nSPS) is 13.6. The highest BCUT2D eigenvalue weighted by Crippen LogP contribution is 2.24. The maximum Gasteiger partial charge on any atom is 0.181 e. The first-order valence-electron chi connectivity index (χ1n) is 4.98. The second kappa shape index (κ2) is 4.52. The van der Waals surface area contributed by atoms with E-state index in [0.29, 0.717) is 0 Å². The second-order valence-electron chi connectivity index (χ2n) is 4.83. The largest absolute Gasteiger partial charge is 0.321 e. The number of ketones is 1. The Balaban J connectivity index is 3.10. The molecule has 0 heterocycles. The molecule has 0 saturated carbocycles. The van der Waals surface area contributed by atoms with E-state index >= 15 is 0 Å². The minimum absolute atomic E-state index is 0.143. The van der Waals surface area contributed by atoms with Crippen molar-refractivity contribution in [2.75, 3.05) is 0 Å². The van der Waals surface area contributed by atoms with Gasteiger partial charge < -0.3 is 5.73 Å². The molecule has 0 radical (unpaired) electrons. The van der Waals surface area contributed by atoms with E-state index in [2.05, 4.69) is 0 Å². The zero-order chi connectivity index (χ0) is 12.5. The van der Waals surface area contributed by atoms with Gasteiger partial charge in [0.05, 0.1) is 11.1 Å². The molecule has 1 aromatic rings. The predicted molar refractivity (Wildman–Crippen MR) is 63.2 cm³/mol. The molecule has 2 nitrogen and oxygen atoms in total. The summed E-state index contributed by atoms with van der Waals surface area (Å²) in [5, 5.41) is 0.228. The third-order valence-electron chi connectivity index (χ3n) is 2.41. The summed E-state index contributed by atoms with van der Waals surface area (Å²) in [5.41, 5.74) is 5.58. The first kappa shape index (κ1) is 13.1. The SMILES string of the molecule is CC(C)(C)C(N)C(=O)c1cc(F)ccc1Cl. The lowest BCUT2D eigenvalue weighted by atomic mass is 9.83. The number of halogens is 2. The van der Waals surface area contributed by atoms with Crippen LogP contribution in [0.15, 0.2) is 18.2 Å². The van der Waals surface area contributed by atoms with E-state index < -0.39 is 11.9 Å². The van der Waals surface area contributed by atoms with Crippen LogP contribution in [-0.2, 0) is 0 Å². The number of carbonyl (C=O) groups excluding carboxylic acids is 1. The Labute approximate surface area is 99.6 Å². The Hall–Kier alpha value is -0.930. The van der Waals surface area contributed by atoms with Gasteiger partial charge in [-0.25, -0.2) is 4.39 Å². The average Bonchev–Trinajstić information content (AvgIpc) is 2.18. The number of hydrogen-bond donors (Lipinski definition) is 1. The van der Waals surface area contributed by atoms with Crippen molar-refractivity contribution in [1.29, 1.82) is 0 Å². The minimum Gasteiger partial charge on any atom is -0.321 e. The molecule has 1 aromatic carbocycles. The number of carbonyl (C=O) groups is 1. The molecule has 0 amide bonds. The summed E-state index contributed by atoms with van der Waals surface area (Å²) >= 11 is 5.84. The smallest absolute Gasteiger partial charge is 0.181 e. The third kappa shape index (κ3) is 2.80. The Kier molecular flexibility index (Phi) is 3.71. The molecule has 0 aliphatic carbocycles. The van der Waals surface area contributed by atoms with E-state index in [1.165, 1.54) is 12.1 Å². The van der Waals surface area contributed by atoms with Gasteiger partial charge in [-0.1, -0.05) is 32.4 Å². The lowest BCUT2D eigenvalue weighted by Crippen LogP contribution is -2.42. The Bertz CT molecular complexity index is 412.